The number of aromatic nitrogens is 6. The summed E-state index contributed by atoms with van der Waals surface area (Å²) >= 11 is 0. The molecule has 3 heterocycles. The number of hydrogen-bond donors (Lipinski definition) is 2. The molecule has 3 aromatic carbocycles. The van der Waals surface area contributed by atoms with Crippen LogP contribution in [0.1, 0.15) is 0 Å². The number of aryl methyl sites for hydroxylation is 2. The lowest BCUT2D eigenvalue weighted by Gasteiger charge is -2.11. The van der Waals surface area contributed by atoms with Gasteiger partial charge in [-0.1, -0.05) is 0 Å². The van der Waals surface area contributed by atoms with Crippen molar-refractivity contribution in [2.75, 3.05) is 7.05 Å². The highest BCUT2D eigenvalue weighted by molar-refractivity contribution is 7.89. The zero-order valence-corrected chi connectivity index (χ0v) is 20.0. The van der Waals surface area contributed by atoms with Crippen LogP contribution in [0.3, 0.4) is 0 Å². The fraction of sp³-hybridized carbons (Fsp3) is 0.125. The van der Waals surface area contributed by atoms with E-state index in [0.29, 0.717) is 16.9 Å². The lowest BCUT2D eigenvalue weighted by molar-refractivity contribution is 0.588. The summed E-state index contributed by atoms with van der Waals surface area (Å²) in [4.78, 5) is 17.5. The molecule has 0 saturated heterocycles. The normalized spacial score (nSPS) is 12.3. The first kappa shape index (κ1) is 21.3. The molecule has 0 saturated carbocycles. The second-order valence-electron chi connectivity index (χ2n) is 8.37. The molecule has 0 bridgehead atoms. The van der Waals surface area contributed by atoms with Crippen LogP contribution in [-0.4, -0.2) is 44.3 Å². The minimum absolute atomic E-state index is 0.124. The minimum Gasteiger partial charge on any atom is -0.295 e. The van der Waals surface area contributed by atoms with Gasteiger partial charge in [-0.3, -0.25) is 18.8 Å². The largest absolute Gasteiger partial charge is 0.328 e. The Bertz CT molecular complexity index is 1960. The molecule has 10 nitrogen and oxygen atoms in total. The van der Waals surface area contributed by atoms with Gasteiger partial charge in [0, 0.05) is 30.7 Å². The molecular weight excluding hydrogens is 466 g/mol. The van der Waals surface area contributed by atoms with Crippen molar-refractivity contribution in [1.29, 1.82) is 0 Å². The van der Waals surface area contributed by atoms with Crippen LogP contribution in [0.15, 0.2) is 70.5 Å². The van der Waals surface area contributed by atoms with Crippen LogP contribution < -0.4 is 10.4 Å². The number of imidazole rings is 2. The van der Waals surface area contributed by atoms with Crippen LogP contribution in [0.5, 0.6) is 0 Å². The number of aromatic amines is 1. The first-order valence-corrected chi connectivity index (χ1v) is 12.3. The molecule has 3 aromatic heterocycles. The zero-order chi connectivity index (χ0) is 24.5. The molecule has 0 fully saturated rings. The molecule has 0 aliphatic rings. The van der Waals surface area contributed by atoms with Gasteiger partial charge in [0.05, 0.1) is 38.7 Å². The predicted molar refractivity (Wildman–Crippen MR) is 134 cm³/mol. The number of rotatable bonds is 4. The SMILES string of the molecule is CNS(=O)(=O)c1ccc2nc(-c3ccc4[nH]ncc4c3)n(-c3ccc4c(c3)n(C)c(=O)n4C)c2c1. The molecule has 0 aliphatic heterocycles. The van der Waals surface area contributed by atoms with E-state index in [0.717, 1.165) is 33.2 Å². The summed E-state index contributed by atoms with van der Waals surface area (Å²) in [5.41, 5.74) is 5.20. The van der Waals surface area contributed by atoms with E-state index in [2.05, 4.69) is 14.9 Å². The Morgan fingerprint density at radius 2 is 1.71 bits per heavy atom. The Morgan fingerprint density at radius 3 is 2.51 bits per heavy atom. The topological polar surface area (TPSA) is 120 Å². The van der Waals surface area contributed by atoms with Crippen molar-refractivity contribution in [3.63, 3.8) is 0 Å². The number of H-pyrrole nitrogens is 1. The van der Waals surface area contributed by atoms with Crippen LogP contribution in [0, 0.1) is 0 Å². The average molecular weight is 488 g/mol. The summed E-state index contributed by atoms with van der Waals surface area (Å²) in [6.45, 7) is 0. The van der Waals surface area contributed by atoms with Gasteiger partial charge in [-0.25, -0.2) is 22.9 Å². The maximum Gasteiger partial charge on any atom is 0.328 e. The lowest BCUT2D eigenvalue weighted by atomic mass is 10.1. The van der Waals surface area contributed by atoms with E-state index >= 15 is 0 Å². The number of fused-ring (bicyclic) bond motifs is 3. The molecule has 0 aliphatic carbocycles. The summed E-state index contributed by atoms with van der Waals surface area (Å²) in [6.07, 6.45) is 1.75. The maximum absolute atomic E-state index is 12.6. The molecule has 0 unspecified atom stereocenters. The van der Waals surface area contributed by atoms with Crippen LogP contribution in [0.2, 0.25) is 0 Å². The van der Waals surface area contributed by atoms with Gasteiger partial charge in [-0.15, -0.1) is 0 Å². The van der Waals surface area contributed by atoms with Gasteiger partial charge in [0.15, 0.2) is 0 Å². The fourth-order valence-electron chi connectivity index (χ4n) is 4.51. The van der Waals surface area contributed by atoms with Crippen molar-refractivity contribution < 1.29 is 8.42 Å². The van der Waals surface area contributed by atoms with Crippen LogP contribution in [-0.2, 0) is 24.1 Å². The zero-order valence-electron chi connectivity index (χ0n) is 19.1. The van der Waals surface area contributed by atoms with Crippen LogP contribution in [0.4, 0.5) is 0 Å². The van der Waals surface area contributed by atoms with Gasteiger partial charge >= 0.3 is 5.69 Å². The number of hydrogen-bond acceptors (Lipinski definition) is 5. The van der Waals surface area contributed by atoms with Crippen molar-refractivity contribution in [3.8, 4) is 17.1 Å². The average Bonchev–Trinajstić information content (AvgIpc) is 3.55. The Kier molecular flexibility index (Phi) is 4.50. The lowest BCUT2D eigenvalue weighted by Crippen LogP contribution is -2.19. The molecule has 6 rings (SSSR count). The Labute approximate surface area is 199 Å². The molecule has 35 heavy (non-hydrogen) atoms. The highest BCUT2D eigenvalue weighted by Crippen LogP contribution is 2.32. The minimum atomic E-state index is -3.66. The second kappa shape index (κ2) is 7.39. The van der Waals surface area contributed by atoms with Crippen LogP contribution in [0.25, 0.3) is 50.0 Å². The Hall–Kier alpha value is -4.22. The van der Waals surface area contributed by atoms with E-state index < -0.39 is 10.0 Å². The predicted octanol–water partition coefficient (Wildman–Crippen LogP) is 2.67. The molecule has 6 aromatic rings. The van der Waals surface area contributed by atoms with Crippen LogP contribution >= 0.6 is 0 Å². The molecule has 11 heteroatoms. The third-order valence-corrected chi connectivity index (χ3v) is 7.83. The van der Waals surface area contributed by atoms with E-state index in [-0.39, 0.29) is 10.6 Å². The van der Waals surface area contributed by atoms with Crippen molar-refractivity contribution >= 4 is 43.0 Å². The second-order valence-corrected chi connectivity index (χ2v) is 10.3. The first-order valence-electron chi connectivity index (χ1n) is 10.8. The quantitative estimate of drug-likeness (QED) is 0.396. The van der Waals surface area contributed by atoms with Gasteiger partial charge in [0.2, 0.25) is 10.0 Å². The standard InChI is InChI=1S/C24H21N7O3S/c1-25-35(33,34)17-6-8-19-21(12-17)31(16-5-9-20-22(11-16)30(3)24(32)29(20)2)23(27-19)14-4-7-18-15(10-14)13-26-28-18/h4-13,25H,1-3H3,(H,26,28). The highest BCUT2D eigenvalue weighted by Gasteiger charge is 2.20. The number of nitrogens with zero attached hydrogens (tertiary/aromatic N) is 5. The number of nitrogens with one attached hydrogen (secondary N) is 2. The van der Waals surface area contributed by atoms with Crippen molar-refractivity contribution in [2.45, 2.75) is 4.90 Å². The summed E-state index contributed by atoms with van der Waals surface area (Å²) in [6, 6.07) is 16.4. The van der Waals surface area contributed by atoms with Crippen molar-refractivity contribution in [2.24, 2.45) is 14.1 Å². The van der Waals surface area contributed by atoms with E-state index in [9.17, 15) is 13.2 Å². The smallest absolute Gasteiger partial charge is 0.295 e. The first-order chi connectivity index (χ1) is 16.8. The van der Waals surface area contributed by atoms with Crippen molar-refractivity contribution in [3.05, 3.63) is 71.3 Å². The number of sulfonamides is 1. The Morgan fingerprint density at radius 1 is 0.914 bits per heavy atom. The molecular formula is C24H21N7O3S. The molecule has 0 radical (unpaired) electrons. The molecule has 0 amide bonds. The molecule has 0 atom stereocenters. The van der Waals surface area contributed by atoms with Gasteiger partial charge < -0.3 is 0 Å². The highest BCUT2D eigenvalue weighted by atomic mass is 32.2. The van der Waals surface area contributed by atoms with Gasteiger partial charge in [0.25, 0.3) is 0 Å². The number of benzene rings is 3. The van der Waals surface area contributed by atoms with E-state index in [1.54, 1.807) is 47.6 Å². The van der Waals surface area contributed by atoms with E-state index in [1.165, 1.54) is 7.05 Å². The fourth-order valence-corrected chi connectivity index (χ4v) is 5.26. The molecule has 176 valence electrons. The summed E-state index contributed by atoms with van der Waals surface area (Å²) < 4.78 is 32.6. The van der Waals surface area contributed by atoms with Crippen molar-refractivity contribution in [1.82, 2.24) is 33.6 Å². The summed E-state index contributed by atoms with van der Waals surface area (Å²) in [5, 5.41) is 7.98. The molecule has 0 spiro atoms. The third-order valence-electron chi connectivity index (χ3n) is 6.42. The van der Waals surface area contributed by atoms with E-state index in [4.69, 9.17) is 4.98 Å². The van der Waals surface area contributed by atoms with Gasteiger partial charge in [0.1, 0.15) is 5.82 Å². The Balaban J connectivity index is 1.70. The molecule has 2 N–H and O–H groups in total. The third kappa shape index (κ3) is 3.12. The monoisotopic (exact) mass is 487 g/mol. The van der Waals surface area contributed by atoms with E-state index in [1.807, 2.05) is 41.0 Å². The summed E-state index contributed by atoms with van der Waals surface area (Å²) in [5.74, 6) is 0.641. The van der Waals surface area contributed by atoms with Gasteiger partial charge in [-0.2, -0.15) is 5.10 Å². The summed E-state index contributed by atoms with van der Waals surface area (Å²) in [7, 11) is 1.18. The maximum atomic E-state index is 12.6. The van der Waals surface area contributed by atoms with Gasteiger partial charge in [-0.05, 0) is 61.6 Å².